The Labute approximate surface area is 78.9 Å². The molecule has 3 rings (SSSR count). The maximum Gasteiger partial charge on any atom is 0.0527 e. The van der Waals surface area contributed by atoms with Crippen LogP contribution in [0.2, 0.25) is 0 Å². The topological polar surface area (TPSA) is 17.8 Å². The molecule has 2 nitrogen and oxygen atoms in total. The van der Waals surface area contributed by atoms with Gasteiger partial charge in [0.15, 0.2) is 0 Å². The van der Waals surface area contributed by atoms with Gasteiger partial charge in [0.2, 0.25) is 0 Å². The van der Waals surface area contributed by atoms with Crippen molar-refractivity contribution in [1.82, 2.24) is 9.78 Å². The van der Waals surface area contributed by atoms with Crippen LogP contribution in [0.4, 0.5) is 0 Å². The zero-order valence-electron chi connectivity index (χ0n) is 8.16. The lowest BCUT2D eigenvalue weighted by atomic mass is 9.87. The molecule has 0 aliphatic heterocycles. The SMILES string of the molecule is CCn1ncc2c1C[C@H]1CC[C@H]2C1. The smallest absolute Gasteiger partial charge is 0.0527 e. The Bertz CT molecular complexity index is 327. The number of aromatic nitrogens is 2. The van der Waals surface area contributed by atoms with Gasteiger partial charge >= 0.3 is 0 Å². The molecule has 0 radical (unpaired) electrons. The first-order chi connectivity index (χ1) is 6.38. The number of nitrogens with zero attached hydrogens (tertiary/aromatic N) is 2. The predicted octanol–water partition coefficient (Wildman–Crippen LogP) is 2.34. The van der Waals surface area contributed by atoms with Gasteiger partial charge in [-0.2, -0.15) is 5.10 Å². The van der Waals surface area contributed by atoms with Crippen molar-refractivity contribution in [3.63, 3.8) is 0 Å². The highest BCUT2D eigenvalue weighted by atomic mass is 15.3. The number of rotatable bonds is 1. The molecule has 0 saturated heterocycles. The van der Waals surface area contributed by atoms with E-state index in [9.17, 15) is 0 Å². The second-order valence-electron chi connectivity index (χ2n) is 4.44. The summed E-state index contributed by atoms with van der Waals surface area (Å²) in [6.45, 7) is 3.22. The Hall–Kier alpha value is -0.790. The summed E-state index contributed by atoms with van der Waals surface area (Å²) in [4.78, 5) is 0. The summed E-state index contributed by atoms with van der Waals surface area (Å²) in [5.41, 5.74) is 3.11. The first-order valence-corrected chi connectivity index (χ1v) is 5.43. The summed E-state index contributed by atoms with van der Waals surface area (Å²) < 4.78 is 2.19. The van der Waals surface area contributed by atoms with Crippen molar-refractivity contribution >= 4 is 0 Å². The quantitative estimate of drug-likeness (QED) is 0.642. The minimum Gasteiger partial charge on any atom is -0.270 e. The van der Waals surface area contributed by atoms with Crippen LogP contribution in [0.25, 0.3) is 0 Å². The normalized spacial score (nSPS) is 30.5. The van der Waals surface area contributed by atoms with E-state index in [1.54, 1.807) is 11.3 Å². The highest BCUT2D eigenvalue weighted by molar-refractivity contribution is 5.28. The molecule has 1 aromatic heterocycles. The van der Waals surface area contributed by atoms with Gasteiger partial charge in [0.1, 0.15) is 0 Å². The van der Waals surface area contributed by atoms with Crippen LogP contribution in [-0.2, 0) is 13.0 Å². The van der Waals surface area contributed by atoms with E-state index in [1.165, 1.54) is 25.7 Å². The van der Waals surface area contributed by atoms with Gasteiger partial charge in [-0.3, -0.25) is 4.68 Å². The Morgan fingerprint density at radius 2 is 2.46 bits per heavy atom. The fraction of sp³-hybridized carbons (Fsp3) is 0.727. The van der Waals surface area contributed by atoms with Crippen LogP contribution in [0.1, 0.15) is 43.4 Å². The van der Waals surface area contributed by atoms with Gasteiger partial charge in [-0.15, -0.1) is 0 Å². The fourth-order valence-corrected chi connectivity index (χ4v) is 3.08. The number of hydrogen-bond acceptors (Lipinski definition) is 1. The lowest BCUT2D eigenvalue weighted by molar-refractivity contribution is 0.478. The molecule has 1 saturated carbocycles. The molecular weight excluding hydrogens is 160 g/mol. The molecule has 2 aliphatic rings. The van der Waals surface area contributed by atoms with E-state index < -0.39 is 0 Å². The molecule has 2 bridgehead atoms. The van der Waals surface area contributed by atoms with Crippen molar-refractivity contribution in [2.45, 2.75) is 45.1 Å². The largest absolute Gasteiger partial charge is 0.270 e. The molecule has 2 aliphatic carbocycles. The lowest BCUT2D eigenvalue weighted by Gasteiger charge is -2.20. The molecule has 2 heteroatoms. The van der Waals surface area contributed by atoms with Gasteiger partial charge in [-0.05, 0) is 50.0 Å². The lowest BCUT2D eigenvalue weighted by Crippen LogP contribution is -2.13. The number of aryl methyl sites for hydroxylation is 1. The Morgan fingerprint density at radius 1 is 1.54 bits per heavy atom. The van der Waals surface area contributed by atoms with Gasteiger partial charge in [0.05, 0.1) is 6.20 Å². The average Bonchev–Trinajstić information content (AvgIpc) is 2.72. The van der Waals surface area contributed by atoms with E-state index in [2.05, 4.69) is 22.9 Å². The summed E-state index contributed by atoms with van der Waals surface area (Å²) in [6.07, 6.45) is 7.70. The van der Waals surface area contributed by atoms with Gasteiger partial charge in [-0.1, -0.05) is 0 Å². The molecule has 0 N–H and O–H groups in total. The molecule has 0 unspecified atom stereocenters. The molecule has 1 fully saturated rings. The average molecular weight is 176 g/mol. The zero-order valence-corrected chi connectivity index (χ0v) is 8.16. The van der Waals surface area contributed by atoms with Crippen LogP contribution in [0.5, 0.6) is 0 Å². The minimum atomic E-state index is 0.856. The van der Waals surface area contributed by atoms with E-state index in [0.29, 0.717) is 0 Å². The predicted molar refractivity (Wildman–Crippen MR) is 51.7 cm³/mol. The van der Waals surface area contributed by atoms with E-state index in [-0.39, 0.29) is 0 Å². The first kappa shape index (κ1) is 7.60. The minimum absolute atomic E-state index is 0.856. The van der Waals surface area contributed by atoms with Crippen molar-refractivity contribution in [3.8, 4) is 0 Å². The Kier molecular flexibility index (Phi) is 1.52. The second-order valence-corrected chi connectivity index (χ2v) is 4.44. The van der Waals surface area contributed by atoms with Gasteiger partial charge in [-0.25, -0.2) is 0 Å². The van der Waals surface area contributed by atoms with Crippen LogP contribution in [0.3, 0.4) is 0 Å². The van der Waals surface area contributed by atoms with Crippen molar-refractivity contribution < 1.29 is 0 Å². The third kappa shape index (κ3) is 0.976. The second kappa shape index (κ2) is 2.60. The molecule has 70 valence electrons. The van der Waals surface area contributed by atoms with E-state index in [0.717, 1.165) is 18.4 Å². The summed E-state index contributed by atoms with van der Waals surface area (Å²) >= 11 is 0. The maximum absolute atomic E-state index is 4.45. The monoisotopic (exact) mass is 176 g/mol. The molecule has 13 heavy (non-hydrogen) atoms. The van der Waals surface area contributed by atoms with Gasteiger partial charge in [0, 0.05) is 12.2 Å². The third-order valence-corrected chi connectivity index (χ3v) is 3.74. The molecule has 0 spiro atoms. The van der Waals surface area contributed by atoms with Crippen molar-refractivity contribution in [3.05, 3.63) is 17.5 Å². The summed E-state index contributed by atoms with van der Waals surface area (Å²) in [6, 6.07) is 0. The Balaban J connectivity index is 2.08. The molecule has 1 heterocycles. The van der Waals surface area contributed by atoms with Crippen molar-refractivity contribution in [2.24, 2.45) is 5.92 Å². The summed E-state index contributed by atoms with van der Waals surface area (Å²) in [7, 11) is 0. The zero-order chi connectivity index (χ0) is 8.84. The van der Waals surface area contributed by atoms with E-state index >= 15 is 0 Å². The maximum atomic E-state index is 4.45. The van der Waals surface area contributed by atoms with Crippen LogP contribution in [-0.4, -0.2) is 9.78 Å². The van der Waals surface area contributed by atoms with Crippen molar-refractivity contribution in [2.75, 3.05) is 0 Å². The summed E-state index contributed by atoms with van der Waals surface area (Å²) in [5, 5.41) is 4.45. The molecule has 2 atom stereocenters. The van der Waals surface area contributed by atoms with Crippen LogP contribution in [0, 0.1) is 5.92 Å². The van der Waals surface area contributed by atoms with Crippen LogP contribution < -0.4 is 0 Å². The highest BCUT2D eigenvalue weighted by Crippen LogP contribution is 2.45. The van der Waals surface area contributed by atoms with Crippen LogP contribution >= 0.6 is 0 Å². The molecule has 1 aromatic rings. The highest BCUT2D eigenvalue weighted by Gasteiger charge is 2.34. The molecule has 0 aromatic carbocycles. The molecular formula is C11H16N2. The number of hydrogen-bond donors (Lipinski definition) is 0. The van der Waals surface area contributed by atoms with Gasteiger partial charge < -0.3 is 0 Å². The van der Waals surface area contributed by atoms with Gasteiger partial charge in [0.25, 0.3) is 0 Å². The summed E-state index contributed by atoms with van der Waals surface area (Å²) in [5.74, 6) is 1.83. The first-order valence-electron chi connectivity index (χ1n) is 5.43. The standard InChI is InChI=1S/C11H16N2/c1-2-13-11-6-8-3-4-9(5-8)10(11)7-12-13/h7-9H,2-6H2,1H3/t8-,9-/m0/s1. The van der Waals surface area contributed by atoms with Crippen LogP contribution in [0.15, 0.2) is 6.20 Å². The van der Waals surface area contributed by atoms with E-state index in [4.69, 9.17) is 0 Å². The van der Waals surface area contributed by atoms with Crippen molar-refractivity contribution in [1.29, 1.82) is 0 Å². The Morgan fingerprint density at radius 3 is 3.31 bits per heavy atom. The number of fused-ring (bicyclic) bond motifs is 4. The fourth-order valence-electron chi connectivity index (χ4n) is 3.08. The van der Waals surface area contributed by atoms with E-state index in [1.807, 2.05) is 0 Å². The molecule has 0 amide bonds. The third-order valence-electron chi connectivity index (χ3n) is 3.74.